The molecule has 0 bridgehead atoms. The van der Waals surface area contributed by atoms with Crippen molar-refractivity contribution in [3.05, 3.63) is 18.2 Å². The maximum Gasteiger partial charge on any atom is 0.0922 e. The van der Waals surface area contributed by atoms with Gasteiger partial charge in [0.05, 0.1) is 25.6 Å². The monoisotopic (exact) mass is 265 g/mol. The molecule has 0 aromatic carbocycles. The van der Waals surface area contributed by atoms with Gasteiger partial charge >= 0.3 is 0 Å². The van der Waals surface area contributed by atoms with Gasteiger partial charge in [-0.3, -0.25) is 4.90 Å². The van der Waals surface area contributed by atoms with E-state index in [0.717, 1.165) is 26.3 Å². The number of nitrogens with one attached hydrogen (secondary N) is 1. The fraction of sp³-hybridized carbons (Fsp3) is 0.786. The van der Waals surface area contributed by atoms with Crippen molar-refractivity contribution in [2.45, 2.75) is 38.0 Å². The van der Waals surface area contributed by atoms with Crippen LogP contribution in [0.3, 0.4) is 0 Å². The van der Waals surface area contributed by atoms with Gasteiger partial charge in [0.15, 0.2) is 0 Å². The Morgan fingerprint density at radius 3 is 3.26 bits per heavy atom. The Labute approximate surface area is 114 Å². The third kappa shape index (κ3) is 2.83. The minimum absolute atomic E-state index is 0.399. The van der Waals surface area contributed by atoms with Gasteiger partial charge in [0, 0.05) is 44.0 Å². The molecule has 2 fully saturated rings. The largest absolute Gasteiger partial charge is 0.381 e. The van der Waals surface area contributed by atoms with Crippen LogP contribution < -0.4 is 0 Å². The standard InChI is InChI=1S/C14H23N3O2/c1-18-14-4-2-3-12(14)13-9-19-6-5-17(13)8-11-7-15-10-16-11/h7,10,12-14H,2-6,8-9H2,1H3,(H,15,16)/t12-,13-,14-/m1/s1. The highest BCUT2D eigenvalue weighted by Crippen LogP contribution is 2.34. The summed E-state index contributed by atoms with van der Waals surface area (Å²) in [6.07, 6.45) is 7.78. The summed E-state index contributed by atoms with van der Waals surface area (Å²) in [6.45, 7) is 3.59. The number of ether oxygens (including phenoxy) is 2. The average molecular weight is 265 g/mol. The van der Waals surface area contributed by atoms with Crippen LogP contribution in [0, 0.1) is 5.92 Å². The quantitative estimate of drug-likeness (QED) is 0.894. The fourth-order valence-corrected chi connectivity index (χ4v) is 3.53. The lowest BCUT2D eigenvalue weighted by molar-refractivity contribution is -0.0611. The highest BCUT2D eigenvalue weighted by Gasteiger charge is 2.38. The van der Waals surface area contributed by atoms with Crippen LogP contribution in [0.1, 0.15) is 25.0 Å². The van der Waals surface area contributed by atoms with E-state index in [-0.39, 0.29) is 0 Å². The molecule has 3 atom stereocenters. The summed E-state index contributed by atoms with van der Waals surface area (Å²) in [5.41, 5.74) is 1.18. The van der Waals surface area contributed by atoms with Crippen molar-refractivity contribution in [3.8, 4) is 0 Å². The van der Waals surface area contributed by atoms with Gasteiger partial charge in [0.2, 0.25) is 0 Å². The maximum absolute atomic E-state index is 5.71. The zero-order chi connectivity index (χ0) is 13.1. The summed E-state index contributed by atoms with van der Waals surface area (Å²) in [7, 11) is 1.84. The van der Waals surface area contributed by atoms with Gasteiger partial charge < -0.3 is 14.5 Å². The Balaban J connectivity index is 1.69. The molecule has 5 heteroatoms. The van der Waals surface area contributed by atoms with E-state index < -0.39 is 0 Å². The predicted octanol–water partition coefficient (Wildman–Crippen LogP) is 1.43. The van der Waals surface area contributed by atoms with Crippen LogP contribution in [0.4, 0.5) is 0 Å². The first kappa shape index (κ1) is 13.1. The van der Waals surface area contributed by atoms with Gasteiger partial charge in [-0.2, -0.15) is 0 Å². The van der Waals surface area contributed by atoms with Crippen LogP contribution in [-0.2, 0) is 16.0 Å². The van der Waals surface area contributed by atoms with Gasteiger partial charge in [-0.1, -0.05) is 6.42 Å². The van der Waals surface area contributed by atoms with Crippen LogP contribution in [0.25, 0.3) is 0 Å². The Bertz CT molecular complexity index is 382. The summed E-state index contributed by atoms with van der Waals surface area (Å²) >= 11 is 0. The van der Waals surface area contributed by atoms with E-state index in [1.165, 1.54) is 25.0 Å². The van der Waals surface area contributed by atoms with Crippen LogP contribution in [0.15, 0.2) is 12.5 Å². The molecular weight excluding hydrogens is 242 g/mol. The molecule has 19 heavy (non-hydrogen) atoms. The molecule has 5 nitrogen and oxygen atoms in total. The van der Waals surface area contributed by atoms with Gasteiger partial charge in [-0.05, 0) is 12.8 Å². The number of nitrogens with zero attached hydrogens (tertiary/aromatic N) is 2. The lowest BCUT2D eigenvalue weighted by Crippen LogP contribution is -2.50. The Kier molecular flexibility index (Phi) is 4.15. The molecule has 3 rings (SSSR count). The van der Waals surface area contributed by atoms with Crippen LogP contribution >= 0.6 is 0 Å². The zero-order valence-corrected chi connectivity index (χ0v) is 11.5. The van der Waals surface area contributed by atoms with E-state index in [9.17, 15) is 0 Å². The molecule has 106 valence electrons. The predicted molar refractivity (Wildman–Crippen MR) is 71.7 cm³/mol. The van der Waals surface area contributed by atoms with Crippen molar-refractivity contribution in [2.75, 3.05) is 26.9 Å². The van der Waals surface area contributed by atoms with E-state index in [4.69, 9.17) is 9.47 Å². The van der Waals surface area contributed by atoms with Crippen LogP contribution in [0.2, 0.25) is 0 Å². The number of imidazole rings is 1. The van der Waals surface area contributed by atoms with Crippen molar-refractivity contribution >= 4 is 0 Å². The Morgan fingerprint density at radius 2 is 2.47 bits per heavy atom. The third-order valence-electron chi connectivity index (χ3n) is 4.51. The van der Waals surface area contributed by atoms with Gasteiger partial charge in [-0.15, -0.1) is 0 Å². The van der Waals surface area contributed by atoms with E-state index in [1.54, 1.807) is 6.33 Å². The van der Waals surface area contributed by atoms with Crippen LogP contribution in [0.5, 0.6) is 0 Å². The van der Waals surface area contributed by atoms with E-state index >= 15 is 0 Å². The first-order valence-electron chi connectivity index (χ1n) is 7.20. The van der Waals surface area contributed by atoms with Crippen molar-refractivity contribution in [2.24, 2.45) is 5.92 Å². The van der Waals surface area contributed by atoms with Crippen LogP contribution in [-0.4, -0.2) is 53.9 Å². The average Bonchev–Trinajstić information content (AvgIpc) is 3.09. The topological polar surface area (TPSA) is 50.4 Å². The Hall–Kier alpha value is -0.910. The highest BCUT2D eigenvalue weighted by atomic mass is 16.5. The number of methoxy groups -OCH3 is 1. The zero-order valence-electron chi connectivity index (χ0n) is 11.5. The maximum atomic E-state index is 5.71. The summed E-state index contributed by atoms with van der Waals surface area (Å²) in [6, 6.07) is 0.476. The van der Waals surface area contributed by atoms with E-state index in [0.29, 0.717) is 18.1 Å². The number of rotatable bonds is 4. The van der Waals surface area contributed by atoms with E-state index in [2.05, 4.69) is 14.9 Å². The van der Waals surface area contributed by atoms with Crippen molar-refractivity contribution in [1.82, 2.24) is 14.9 Å². The highest BCUT2D eigenvalue weighted by molar-refractivity contribution is 4.97. The number of aromatic nitrogens is 2. The molecule has 0 radical (unpaired) electrons. The molecule has 1 aliphatic carbocycles. The Morgan fingerprint density at radius 1 is 1.53 bits per heavy atom. The molecule has 2 aliphatic rings. The second kappa shape index (κ2) is 6.03. The smallest absolute Gasteiger partial charge is 0.0922 e. The summed E-state index contributed by atoms with van der Waals surface area (Å²) in [5.74, 6) is 0.605. The third-order valence-corrected chi connectivity index (χ3v) is 4.51. The lowest BCUT2D eigenvalue weighted by Gasteiger charge is -2.40. The summed E-state index contributed by atoms with van der Waals surface area (Å²) in [5, 5.41) is 0. The molecule has 0 spiro atoms. The number of H-pyrrole nitrogens is 1. The van der Waals surface area contributed by atoms with Gasteiger partial charge in [0.1, 0.15) is 0 Å². The first-order chi connectivity index (χ1) is 9.38. The minimum Gasteiger partial charge on any atom is -0.381 e. The number of hydrogen-bond acceptors (Lipinski definition) is 4. The summed E-state index contributed by atoms with van der Waals surface area (Å²) < 4.78 is 11.4. The SMILES string of the molecule is CO[C@@H]1CCC[C@@H]1[C@H]1COCCN1Cc1cnc[nH]1. The summed E-state index contributed by atoms with van der Waals surface area (Å²) in [4.78, 5) is 9.83. The van der Waals surface area contributed by atoms with Crippen molar-refractivity contribution in [1.29, 1.82) is 0 Å². The first-order valence-corrected chi connectivity index (χ1v) is 7.20. The van der Waals surface area contributed by atoms with E-state index in [1.807, 2.05) is 13.3 Å². The number of morpholine rings is 1. The molecule has 1 N–H and O–H groups in total. The number of hydrogen-bond donors (Lipinski definition) is 1. The molecule has 0 amide bonds. The van der Waals surface area contributed by atoms with Crippen molar-refractivity contribution in [3.63, 3.8) is 0 Å². The second-order valence-corrected chi connectivity index (χ2v) is 5.56. The molecule has 0 unspecified atom stereocenters. The molecule has 1 aliphatic heterocycles. The molecule has 1 aromatic heterocycles. The molecule has 2 heterocycles. The van der Waals surface area contributed by atoms with Crippen molar-refractivity contribution < 1.29 is 9.47 Å². The van der Waals surface area contributed by atoms with Gasteiger partial charge in [-0.25, -0.2) is 4.98 Å². The molecule has 1 aromatic rings. The van der Waals surface area contributed by atoms with Gasteiger partial charge in [0.25, 0.3) is 0 Å². The second-order valence-electron chi connectivity index (χ2n) is 5.56. The minimum atomic E-state index is 0.399. The molecule has 1 saturated heterocycles. The fourth-order valence-electron chi connectivity index (χ4n) is 3.53. The molecular formula is C14H23N3O2. The lowest BCUT2D eigenvalue weighted by atomic mass is 9.94. The molecule has 1 saturated carbocycles. The number of aromatic amines is 1. The normalized spacial score (nSPS) is 32.8.